The second kappa shape index (κ2) is 9.91. The van der Waals surface area contributed by atoms with Crippen LogP contribution in [0.25, 0.3) is 44.2 Å². The number of hydrogen-bond donors (Lipinski definition) is 1. The van der Waals surface area contributed by atoms with E-state index in [0.29, 0.717) is 0 Å². The van der Waals surface area contributed by atoms with Gasteiger partial charge in [0.1, 0.15) is 23.6 Å². The largest absolute Gasteiger partial charge is 0.354 e. The zero-order chi connectivity index (χ0) is 26.3. The van der Waals surface area contributed by atoms with Crippen LogP contribution in [-0.2, 0) is 0 Å². The second-order valence-corrected chi connectivity index (χ2v) is 10.7. The first-order valence-electron chi connectivity index (χ1n) is 13.7. The number of likely N-dealkylation sites (N-methyl/N-ethyl adjacent to an activating group) is 2. The Morgan fingerprint density at radius 3 is 2.21 bits per heavy atom. The second-order valence-electron chi connectivity index (χ2n) is 10.7. The lowest BCUT2D eigenvalue weighted by Crippen LogP contribution is -2.44. The van der Waals surface area contributed by atoms with E-state index in [2.05, 4.69) is 91.2 Å². The van der Waals surface area contributed by atoms with Gasteiger partial charge in [0.2, 0.25) is 0 Å². The Morgan fingerprint density at radius 1 is 0.667 bits per heavy atom. The summed E-state index contributed by atoms with van der Waals surface area (Å²) in [6, 6.07) is 13.0. The molecule has 0 spiro atoms. The maximum Gasteiger partial charge on any atom is 0.139 e. The Bertz CT molecular complexity index is 1630. The van der Waals surface area contributed by atoms with Crippen LogP contribution in [0.4, 0.5) is 11.6 Å². The van der Waals surface area contributed by atoms with E-state index in [1.165, 1.54) is 0 Å². The molecule has 0 radical (unpaired) electrons. The molecule has 2 aliphatic heterocycles. The monoisotopic (exact) mass is 519 g/mol. The fraction of sp³-hybridized carbons (Fsp3) is 0.333. The van der Waals surface area contributed by atoms with Crippen molar-refractivity contribution in [1.82, 2.24) is 34.7 Å². The van der Waals surface area contributed by atoms with E-state index in [4.69, 9.17) is 9.97 Å². The molecule has 198 valence electrons. The van der Waals surface area contributed by atoms with Gasteiger partial charge in [0, 0.05) is 92.8 Å². The molecule has 0 amide bonds. The number of rotatable bonds is 4. The molecule has 1 aromatic carbocycles. The zero-order valence-corrected chi connectivity index (χ0v) is 22.5. The topological polar surface area (TPSA) is 80.3 Å². The molecule has 2 saturated heterocycles. The van der Waals surface area contributed by atoms with E-state index in [9.17, 15) is 0 Å². The van der Waals surface area contributed by atoms with E-state index in [0.717, 1.165) is 108 Å². The van der Waals surface area contributed by atoms with Gasteiger partial charge in [0.05, 0.1) is 5.52 Å². The number of H-pyrrole nitrogens is 1. The molecule has 0 bridgehead atoms. The number of nitrogens with one attached hydrogen (secondary N) is 1. The Balaban J connectivity index is 1.25. The molecule has 6 heterocycles. The third kappa shape index (κ3) is 4.57. The summed E-state index contributed by atoms with van der Waals surface area (Å²) in [4.78, 5) is 31.6. The van der Waals surface area contributed by atoms with Crippen molar-refractivity contribution in [3.05, 3.63) is 61.3 Å². The Morgan fingerprint density at radius 2 is 1.41 bits per heavy atom. The Hall–Kier alpha value is -4.08. The van der Waals surface area contributed by atoms with Crippen LogP contribution in [0.5, 0.6) is 0 Å². The number of anilines is 2. The van der Waals surface area contributed by atoms with Crippen LogP contribution in [0.3, 0.4) is 0 Å². The molecule has 0 unspecified atom stereocenters. The average molecular weight is 520 g/mol. The lowest BCUT2D eigenvalue weighted by Gasteiger charge is -2.33. The number of pyridine rings is 2. The Labute approximate surface area is 228 Å². The van der Waals surface area contributed by atoms with Gasteiger partial charge < -0.3 is 24.6 Å². The predicted molar refractivity (Wildman–Crippen MR) is 157 cm³/mol. The molecule has 9 heteroatoms. The lowest BCUT2D eigenvalue weighted by atomic mass is 10.0. The first kappa shape index (κ1) is 24.0. The fourth-order valence-electron chi connectivity index (χ4n) is 5.69. The summed E-state index contributed by atoms with van der Waals surface area (Å²) in [5.41, 5.74) is 6.32. The maximum atomic E-state index is 4.78. The number of hydrogen-bond acceptors (Lipinski definition) is 8. The predicted octanol–water partition coefficient (Wildman–Crippen LogP) is 3.74. The SMILES string of the molecule is CN1CCN(c2cc(-c3cnc4[nH]cc(-c5ccc6ncnc(N7CCN(C)CC7)c6c5)c4c3)ccn2)CC1. The highest BCUT2D eigenvalue weighted by Crippen LogP contribution is 2.34. The fourth-order valence-corrected chi connectivity index (χ4v) is 5.69. The summed E-state index contributed by atoms with van der Waals surface area (Å²) in [7, 11) is 4.35. The van der Waals surface area contributed by atoms with E-state index in [1.807, 2.05) is 12.4 Å². The van der Waals surface area contributed by atoms with Crippen molar-refractivity contribution in [2.45, 2.75) is 0 Å². The van der Waals surface area contributed by atoms with Gasteiger partial charge in [0.15, 0.2) is 0 Å². The normalized spacial score (nSPS) is 17.4. The van der Waals surface area contributed by atoms with Crippen molar-refractivity contribution in [3.63, 3.8) is 0 Å². The molecule has 5 aromatic rings. The van der Waals surface area contributed by atoms with E-state index in [-0.39, 0.29) is 0 Å². The van der Waals surface area contributed by atoms with Gasteiger partial charge >= 0.3 is 0 Å². The molecule has 7 rings (SSSR count). The highest BCUT2D eigenvalue weighted by molar-refractivity contribution is 6.00. The van der Waals surface area contributed by atoms with Crippen LogP contribution in [-0.4, -0.2) is 101 Å². The molecular weight excluding hydrogens is 486 g/mol. The zero-order valence-electron chi connectivity index (χ0n) is 22.5. The van der Waals surface area contributed by atoms with Gasteiger partial charge in [-0.2, -0.15) is 0 Å². The summed E-state index contributed by atoms with van der Waals surface area (Å²) in [6.07, 6.45) is 7.60. The number of fused-ring (bicyclic) bond motifs is 2. The molecule has 39 heavy (non-hydrogen) atoms. The van der Waals surface area contributed by atoms with Gasteiger partial charge in [-0.05, 0) is 55.6 Å². The minimum atomic E-state index is 0.880. The minimum absolute atomic E-state index is 0.880. The van der Waals surface area contributed by atoms with Gasteiger partial charge in [-0.1, -0.05) is 6.07 Å². The van der Waals surface area contributed by atoms with Crippen molar-refractivity contribution < 1.29 is 0 Å². The van der Waals surface area contributed by atoms with E-state index in [1.54, 1.807) is 6.33 Å². The van der Waals surface area contributed by atoms with Crippen molar-refractivity contribution in [1.29, 1.82) is 0 Å². The minimum Gasteiger partial charge on any atom is -0.354 e. The first-order valence-corrected chi connectivity index (χ1v) is 13.7. The number of aromatic nitrogens is 5. The molecule has 1 N–H and O–H groups in total. The van der Waals surface area contributed by atoms with E-state index >= 15 is 0 Å². The summed E-state index contributed by atoms with van der Waals surface area (Å²) in [5, 5.41) is 2.19. The van der Waals surface area contributed by atoms with Crippen LogP contribution in [0.2, 0.25) is 0 Å². The molecule has 2 fully saturated rings. The van der Waals surface area contributed by atoms with Crippen molar-refractivity contribution in [2.24, 2.45) is 0 Å². The average Bonchev–Trinajstić information content (AvgIpc) is 3.41. The number of benzene rings is 1. The molecule has 0 atom stereocenters. The summed E-state index contributed by atoms with van der Waals surface area (Å²) < 4.78 is 0. The summed E-state index contributed by atoms with van der Waals surface area (Å²) in [5.74, 6) is 2.04. The molecule has 0 aliphatic carbocycles. The number of nitrogens with zero attached hydrogens (tertiary/aromatic N) is 8. The van der Waals surface area contributed by atoms with Crippen molar-refractivity contribution >= 4 is 33.6 Å². The smallest absolute Gasteiger partial charge is 0.139 e. The van der Waals surface area contributed by atoms with Crippen LogP contribution in [0, 0.1) is 0 Å². The van der Waals surface area contributed by atoms with Gasteiger partial charge in [-0.3, -0.25) is 0 Å². The lowest BCUT2D eigenvalue weighted by molar-refractivity contribution is 0.312. The highest BCUT2D eigenvalue weighted by Gasteiger charge is 2.19. The Kier molecular flexibility index (Phi) is 6.09. The first-order chi connectivity index (χ1) is 19.1. The molecule has 9 nitrogen and oxygen atoms in total. The van der Waals surface area contributed by atoms with Crippen molar-refractivity contribution in [2.75, 3.05) is 76.3 Å². The molecule has 2 aliphatic rings. The third-order valence-corrected chi connectivity index (χ3v) is 8.17. The quantitative estimate of drug-likeness (QED) is 0.385. The van der Waals surface area contributed by atoms with E-state index < -0.39 is 0 Å². The van der Waals surface area contributed by atoms with Crippen LogP contribution in [0.1, 0.15) is 0 Å². The molecular formula is C30H33N9. The number of piperazine rings is 2. The molecule has 4 aromatic heterocycles. The maximum absolute atomic E-state index is 4.78. The summed E-state index contributed by atoms with van der Waals surface area (Å²) in [6.45, 7) is 8.10. The van der Waals surface area contributed by atoms with Gasteiger partial charge in [-0.25, -0.2) is 19.9 Å². The number of aromatic amines is 1. The van der Waals surface area contributed by atoms with Crippen molar-refractivity contribution in [3.8, 4) is 22.3 Å². The van der Waals surface area contributed by atoms with Gasteiger partial charge in [0.25, 0.3) is 0 Å². The van der Waals surface area contributed by atoms with Crippen LogP contribution < -0.4 is 9.80 Å². The highest BCUT2D eigenvalue weighted by atomic mass is 15.3. The van der Waals surface area contributed by atoms with Crippen LogP contribution in [0.15, 0.2) is 61.3 Å². The standard InChI is InChI=1S/C30H33N9/c1-36-7-11-38(12-8-36)28-17-21(5-6-31-28)23-16-24-26(19-33-29(24)32-18-23)22-3-4-27-25(15-22)30(35-20-34-27)39-13-9-37(2)10-14-39/h3-6,15-20H,7-14H2,1-2H3,(H,32,33). The van der Waals surface area contributed by atoms with Gasteiger partial charge in [-0.15, -0.1) is 0 Å². The summed E-state index contributed by atoms with van der Waals surface area (Å²) >= 11 is 0. The molecule has 0 saturated carbocycles. The third-order valence-electron chi connectivity index (χ3n) is 8.17. The van der Waals surface area contributed by atoms with Crippen LogP contribution >= 0.6 is 0 Å².